The Kier molecular flexibility index (Phi) is 3.91. The number of hydrogen-bond acceptors (Lipinski definition) is 3. The zero-order valence-corrected chi connectivity index (χ0v) is 12.3. The number of amides is 2. The van der Waals surface area contributed by atoms with Crippen molar-refractivity contribution < 1.29 is 14.7 Å². The molecule has 20 heavy (non-hydrogen) atoms. The van der Waals surface area contributed by atoms with E-state index >= 15 is 0 Å². The zero-order valence-electron chi connectivity index (χ0n) is 12.3. The number of aliphatic hydroxyl groups is 1. The number of rotatable bonds is 2. The molecule has 5 heteroatoms. The minimum absolute atomic E-state index is 0.0104. The van der Waals surface area contributed by atoms with Crippen LogP contribution in [0.3, 0.4) is 0 Å². The maximum atomic E-state index is 12.2. The Bertz CT molecular complexity index is 444. The average molecular weight is 280 g/mol. The maximum Gasteiger partial charge on any atom is 0.251 e. The molecule has 112 valence electrons. The van der Waals surface area contributed by atoms with E-state index in [2.05, 4.69) is 13.8 Å². The van der Waals surface area contributed by atoms with Gasteiger partial charge in [0.1, 0.15) is 0 Å². The van der Waals surface area contributed by atoms with Gasteiger partial charge in [0.25, 0.3) is 5.91 Å². The van der Waals surface area contributed by atoms with Crippen LogP contribution in [0.25, 0.3) is 0 Å². The van der Waals surface area contributed by atoms with Crippen molar-refractivity contribution in [3.63, 3.8) is 0 Å². The molecule has 0 bridgehead atoms. The van der Waals surface area contributed by atoms with Crippen LogP contribution < -0.4 is 5.73 Å². The molecule has 2 aliphatic rings. The minimum Gasteiger partial charge on any atom is -0.378 e. The lowest BCUT2D eigenvalue weighted by Gasteiger charge is -2.31. The molecule has 1 aliphatic heterocycles. The molecule has 1 aliphatic carbocycles. The maximum absolute atomic E-state index is 12.2. The Balaban J connectivity index is 1.95. The van der Waals surface area contributed by atoms with Crippen molar-refractivity contribution in [2.75, 3.05) is 13.1 Å². The van der Waals surface area contributed by atoms with E-state index in [1.54, 1.807) is 6.08 Å². The molecule has 0 aromatic carbocycles. The van der Waals surface area contributed by atoms with Gasteiger partial charge < -0.3 is 15.7 Å². The van der Waals surface area contributed by atoms with Gasteiger partial charge in [-0.15, -0.1) is 0 Å². The van der Waals surface area contributed by atoms with Gasteiger partial charge in [-0.05, 0) is 31.1 Å². The van der Waals surface area contributed by atoms with Gasteiger partial charge in [-0.2, -0.15) is 0 Å². The molecule has 0 aromatic rings. The van der Waals surface area contributed by atoms with Crippen molar-refractivity contribution in [3.05, 3.63) is 11.6 Å². The van der Waals surface area contributed by atoms with Gasteiger partial charge in [-0.1, -0.05) is 19.4 Å². The summed E-state index contributed by atoms with van der Waals surface area (Å²) in [4.78, 5) is 24.9. The standard InChI is InChI=1S/C15H24N2O3/c1-14(2)5-3-11(4-6-14)9-12(18)17-8-7-15(20,10-17)13(16)19/h9,20H,3-8,10H2,1-2H3,(H2,16,19). The van der Waals surface area contributed by atoms with E-state index in [0.29, 0.717) is 12.0 Å². The van der Waals surface area contributed by atoms with E-state index in [-0.39, 0.29) is 18.9 Å². The van der Waals surface area contributed by atoms with Gasteiger partial charge in [0.15, 0.2) is 5.60 Å². The lowest BCUT2D eigenvalue weighted by Crippen LogP contribution is -2.46. The number of allylic oxidation sites excluding steroid dienone is 1. The summed E-state index contributed by atoms with van der Waals surface area (Å²) in [6.07, 6.45) is 6.00. The smallest absolute Gasteiger partial charge is 0.251 e. The topological polar surface area (TPSA) is 83.6 Å². The minimum atomic E-state index is -1.55. The summed E-state index contributed by atoms with van der Waals surface area (Å²) in [5.41, 5.74) is 5.14. The van der Waals surface area contributed by atoms with Crippen molar-refractivity contribution >= 4 is 11.8 Å². The van der Waals surface area contributed by atoms with Crippen molar-refractivity contribution in [3.8, 4) is 0 Å². The number of β-amino-alcohol motifs (C(OH)–C–C–N with tert-alkyl or cyclic N) is 1. The molecular weight excluding hydrogens is 256 g/mol. The van der Waals surface area contributed by atoms with Crippen LogP contribution in [-0.2, 0) is 9.59 Å². The second-order valence-corrected chi connectivity index (χ2v) is 6.87. The van der Waals surface area contributed by atoms with Crippen LogP contribution in [0.2, 0.25) is 0 Å². The van der Waals surface area contributed by atoms with Crippen LogP contribution in [0.5, 0.6) is 0 Å². The molecule has 2 amide bonds. The summed E-state index contributed by atoms with van der Waals surface area (Å²) in [6, 6.07) is 0. The van der Waals surface area contributed by atoms with Crippen LogP contribution in [0.15, 0.2) is 11.6 Å². The van der Waals surface area contributed by atoms with Crippen LogP contribution >= 0.6 is 0 Å². The molecule has 2 fully saturated rings. The third-order valence-corrected chi connectivity index (χ3v) is 4.59. The van der Waals surface area contributed by atoms with E-state index < -0.39 is 11.5 Å². The van der Waals surface area contributed by atoms with Gasteiger partial charge in [0, 0.05) is 19.0 Å². The molecule has 1 heterocycles. The molecule has 0 spiro atoms. The van der Waals surface area contributed by atoms with Gasteiger partial charge in [0.05, 0.1) is 6.54 Å². The highest BCUT2D eigenvalue weighted by Crippen LogP contribution is 2.37. The van der Waals surface area contributed by atoms with Crippen molar-refractivity contribution in [1.82, 2.24) is 4.90 Å². The molecule has 2 rings (SSSR count). The summed E-state index contributed by atoms with van der Waals surface area (Å²) < 4.78 is 0. The molecule has 1 atom stereocenters. The van der Waals surface area contributed by atoms with Gasteiger partial charge in [0.2, 0.25) is 5.91 Å². The first-order valence-corrected chi connectivity index (χ1v) is 7.23. The molecule has 0 aromatic heterocycles. The van der Waals surface area contributed by atoms with Crippen molar-refractivity contribution in [2.45, 2.75) is 51.6 Å². The molecule has 1 saturated heterocycles. The Hall–Kier alpha value is -1.36. The molecule has 1 saturated carbocycles. The summed E-state index contributed by atoms with van der Waals surface area (Å²) in [5, 5.41) is 9.97. The highest BCUT2D eigenvalue weighted by Gasteiger charge is 2.42. The first-order chi connectivity index (χ1) is 9.22. The van der Waals surface area contributed by atoms with Crippen LogP contribution in [-0.4, -0.2) is 40.5 Å². The predicted octanol–water partition coefficient (Wildman–Crippen LogP) is 0.962. The first-order valence-electron chi connectivity index (χ1n) is 7.23. The summed E-state index contributed by atoms with van der Waals surface area (Å²) in [7, 11) is 0. The molecular formula is C15H24N2O3. The lowest BCUT2D eigenvalue weighted by atomic mass is 9.75. The van der Waals surface area contributed by atoms with Crippen LogP contribution in [0.4, 0.5) is 0 Å². The number of nitrogens with zero attached hydrogens (tertiary/aromatic N) is 1. The van der Waals surface area contributed by atoms with Gasteiger partial charge >= 0.3 is 0 Å². The first kappa shape index (κ1) is 15.0. The normalized spacial score (nSPS) is 29.4. The average Bonchev–Trinajstić information content (AvgIpc) is 2.76. The Morgan fingerprint density at radius 1 is 1.25 bits per heavy atom. The predicted molar refractivity (Wildman–Crippen MR) is 75.7 cm³/mol. The number of carbonyl (C=O) groups excluding carboxylic acids is 2. The summed E-state index contributed by atoms with van der Waals surface area (Å²) >= 11 is 0. The van der Waals surface area contributed by atoms with Gasteiger partial charge in [-0.25, -0.2) is 0 Å². The van der Waals surface area contributed by atoms with E-state index in [9.17, 15) is 14.7 Å². The Morgan fingerprint density at radius 3 is 2.35 bits per heavy atom. The zero-order chi connectivity index (χ0) is 15.0. The number of hydrogen-bond donors (Lipinski definition) is 2. The molecule has 1 unspecified atom stereocenters. The van der Waals surface area contributed by atoms with Gasteiger partial charge in [-0.3, -0.25) is 9.59 Å². The van der Waals surface area contributed by atoms with Crippen molar-refractivity contribution in [2.24, 2.45) is 11.1 Å². The number of primary amides is 1. The largest absolute Gasteiger partial charge is 0.378 e. The quantitative estimate of drug-likeness (QED) is 0.739. The van der Waals surface area contributed by atoms with E-state index in [1.165, 1.54) is 10.5 Å². The monoisotopic (exact) mass is 280 g/mol. The third kappa shape index (κ3) is 3.20. The number of likely N-dealkylation sites (tertiary alicyclic amines) is 1. The highest BCUT2D eigenvalue weighted by molar-refractivity contribution is 5.91. The highest BCUT2D eigenvalue weighted by atomic mass is 16.3. The van der Waals surface area contributed by atoms with Crippen molar-refractivity contribution in [1.29, 1.82) is 0 Å². The SMILES string of the molecule is CC1(C)CCC(=CC(=O)N2CCC(O)(C(N)=O)C2)CC1. The van der Waals surface area contributed by atoms with E-state index in [1.807, 2.05) is 0 Å². The fourth-order valence-electron chi connectivity index (χ4n) is 2.84. The molecule has 0 radical (unpaired) electrons. The summed E-state index contributed by atoms with van der Waals surface area (Å²) in [5.74, 6) is -0.864. The van der Waals surface area contributed by atoms with E-state index in [0.717, 1.165) is 25.7 Å². The fourth-order valence-corrected chi connectivity index (χ4v) is 2.84. The Morgan fingerprint density at radius 2 is 1.85 bits per heavy atom. The lowest BCUT2D eigenvalue weighted by molar-refractivity contribution is -0.136. The summed E-state index contributed by atoms with van der Waals surface area (Å²) in [6.45, 7) is 4.89. The molecule has 5 nitrogen and oxygen atoms in total. The second kappa shape index (κ2) is 5.20. The third-order valence-electron chi connectivity index (χ3n) is 4.59. The van der Waals surface area contributed by atoms with Crippen LogP contribution in [0.1, 0.15) is 46.0 Å². The van der Waals surface area contributed by atoms with E-state index in [4.69, 9.17) is 5.73 Å². The number of nitrogens with two attached hydrogens (primary N) is 1. The Labute approximate surface area is 119 Å². The second-order valence-electron chi connectivity index (χ2n) is 6.87. The molecule has 3 N–H and O–H groups in total. The fraction of sp³-hybridized carbons (Fsp3) is 0.733. The van der Waals surface area contributed by atoms with Crippen LogP contribution in [0, 0.1) is 5.41 Å². The number of carbonyl (C=O) groups is 2.